The summed E-state index contributed by atoms with van der Waals surface area (Å²) in [6.07, 6.45) is 7.10. The van der Waals surface area contributed by atoms with E-state index in [4.69, 9.17) is 10.4 Å². The van der Waals surface area contributed by atoms with E-state index >= 15 is 0 Å². The van der Waals surface area contributed by atoms with Crippen molar-refractivity contribution in [3.63, 3.8) is 0 Å². The summed E-state index contributed by atoms with van der Waals surface area (Å²) in [6.45, 7) is 4.00. The Morgan fingerprint density at radius 2 is 1.84 bits per heavy atom. The average molecular weight is 617 g/mol. The maximum atomic E-state index is 14.3. The number of aromatic amines is 1. The third-order valence-corrected chi connectivity index (χ3v) is 8.72. The van der Waals surface area contributed by atoms with Gasteiger partial charge in [0.05, 0.1) is 34.0 Å². The van der Waals surface area contributed by atoms with Crippen LogP contribution in [0.3, 0.4) is 0 Å². The van der Waals surface area contributed by atoms with Gasteiger partial charge in [0.15, 0.2) is 0 Å². The minimum atomic E-state index is -0.147. The smallest absolute Gasteiger partial charge is 0.215 e. The summed E-state index contributed by atoms with van der Waals surface area (Å²) in [5.74, 6) is 2.03. The topological polar surface area (TPSA) is 116 Å². The fraction of sp³-hybridized carbons (Fsp3) is 0.200. The predicted octanol–water partition coefficient (Wildman–Crippen LogP) is 7.64. The second-order valence-corrected chi connectivity index (χ2v) is 11.5. The van der Waals surface area contributed by atoms with Crippen LogP contribution < -0.4 is 10.6 Å². The Labute approximate surface area is 266 Å². The molecule has 0 atom stereocenters. The molecule has 0 radical (unpaired) electrons. The number of rotatable bonds is 10. The van der Waals surface area contributed by atoms with Crippen molar-refractivity contribution in [3.8, 4) is 5.69 Å². The molecule has 45 heavy (non-hydrogen) atoms. The molecule has 6 aromatic rings. The third kappa shape index (κ3) is 5.76. The van der Waals surface area contributed by atoms with Crippen LogP contribution in [-0.4, -0.2) is 49.8 Å². The van der Waals surface area contributed by atoms with Gasteiger partial charge in [0.2, 0.25) is 5.78 Å². The van der Waals surface area contributed by atoms with Crippen LogP contribution >= 0.6 is 11.9 Å². The molecule has 1 saturated carbocycles. The van der Waals surface area contributed by atoms with E-state index in [2.05, 4.69) is 20.7 Å². The lowest BCUT2D eigenvalue weighted by molar-refractivity contribution is 0.103. The highest BCUT2D eigenvalue weighted by Crippen LogP contribution is 2.39. The molecule has 0 spiro atoms. The summed E-state index contributed by atoms with van der Waals surface area (Å²) < 4.78 is 3.73. The molecule has 0 bridgehead atoms. The van der Waals surface area contributed by atoms with Gasteiger partial charge in [0.25, 0.3) is 0 Å². The number of aromatic nitrogens is 5. The maximum Gasteiger partial charge on any atom is 0.215 e. The van der Waals surface area contributed by atoms with E-state index < -0.39 is 0 Å². The fourth-order valence-electron chi connectivity index (χ4n) is 5.35. The highest BCUT2D eigenvalue weighted by Gasteiger charge is 2.27. The largest absolute Gasteiger partial charge is 0.393 e. The summed E-state index contributed by atoms with van der Waals surface area (Å²) in [5, 5.41) is 19.7. The first-order valence-corrected chi connectivity index (χ1v) is 15.9. The van der Waals surface area contributed by atoms with Crippen LogP contribution in [0, 0.1) is 5.41 Å². The first kappa shape index (κ1) is 30.0. The fourth-order valence-corrected chi connectivity index (χ4v) is 6.33. The molecule has 3 aromatic heterocycles. The molecular weight excluding hydrogens is 581 g/mol. The number of anilines is 1. The first-order chi connectivity index (χ1) is 22.1. The number of carbonyl (C=O) groups excluding carboxylic acids is 1. The van der Waals surface area contributed by atoms with Crippen molar-refractivity contribution in [2.75, 3.05) is 19.4 Å². The Hall–Kier alpha value is -5.09. The number of nitrogens with zero attached hydrogens (tertiary/aromatic N) is 4. The van der Waals surface area contributed by atoms with Crippen LogP contribution in [0.25, 0.3) is 33.2 Å². The summed E-state index contributed by atoms with van der Waals surface area (Å²) >= 11 is 1.49. The van der Waals surface area contributed by atoms with Gasteiger partial charge >= 0.3 is 0 Å². The lowest BCUT2D eigenvalue weighted by Gasteiger charge is -2.12. The van der Waals surface area contributed by atoms with E-state index in [9.17, 15) is 4.79 Å². The normalized spacial score (nSPS) is 13.0. The van der Waals surface area contributed by atoms with Gasteiger partial charge in [-0.15, -0.1) is 0 Å². The standard InChI is InChI=1S/C33H30N8OS.C2H6/c1-35-18-23(17-34)21-10-11-22-15-30(41(29(22)14-21)43-25-6-4-3-5-7-25)31(42)26-19-37-40(33(26)36-2)24-12-13-27-28(16-24)39-32(38-27)20-8-9-20;1-2/h3-7,10-20,34-36H,8-9H2,1-2H3,(H,38,39);1-2H3/b23-18+,34-17?;. The molecule has 3 heterocycles. The Balaban J connectivity index is 0.00000175. The summed E-state index contributed by atoms with van der Waals surface area (Å²) in [7, 11) is 3.61. The van der Waals surface area contributed by atoms with Gasteiger partial charge in [-0.05, 0) is 72.8 Å². The maximum absolute atomic E-state index is 14.3. The molecule has 4 N–H and O–H groups in total. The molecule has 0 amide bonds. The molecule has 0 saturated heterocycles. The van der Waals surface area contributed by atoms with Crippen molar-refractivity contribution < 1.29 is 4.79 Å². The monoisotopic (exact) mass is 616 g/mol. The van der Waals surface area contributed by atoms with Crippen LogP contribution in [0.15, 0.2) is 90.1 Å². The van der Waals surface area contributed by atoms with Gasteiger partial charge in [-0.3, -0.25) is 8.77 Å². The number of carbonyl (C=O) groups is 1. The number of nitrogens with one attached hydrogen (secondary N) is 4. The molecule has 10 heteroatoms. The van der Waals surface area contributed by atoms with Gasteiger partial charge in [0, 0.05) is 48.3 Å². The Morgan fingerprint density at radius 1 is 1.04 bits per heavy atom. The molecule has 7 rings (SSSR count). The van der Waals surface area contributed by atoms with Gasteiger partial charge in [-0.2, -0.15) is 5.10 Å². The Kier molecular flexibility index (Phi) is 8.57. The van der Waals surface area contributed by atoms with Crippen LogP contribution in [0.2, 0.25) is 0 Å². The number of ketones is 1. The van der Waals surface area contributed by atoms with Crippen molar-refractivity contribution in [2.24, 2.45) is 0 Å². The van der Waals surface area contributed by atoms with Gasteiger partial charge in [-0.25, -0.2) is 9.67 Å². The summed E-state index contributed by atoms with van der Waals surface area (Å²) in [4.78, 5) is 23.6. The zero-order valence-corrected chi connectivity index (χ0v) is 26.6. The van der Waals surface area contributed by atoms with Crippen molar-refractivity contribution in [1.29, 1.82) is 5.41 Å². The highest BCUT2D eigenvalue weighted by molar-refractivity contribution is 7.98. The van der Waals surface area contributed by atoms with Crippen LogP contribution in [0.4, 0.5) is 5.82 Å². The molecular formula is C35H36N8OS. The van der Waals surface area contributed by atoms with Crippen molar-refractivity contribution >= 4 is 57.3 Å². The van der Waals surface area contributed by atoms with Crippen molar-refractivity contribution in [2.45, 2.75) is 37.5 Å². The molecule has 1 aliphatic rings. The zero-order chi connectivity index (χ0) is 31.5. The van der Waals surface area contributed by atoms with E-state index in [0.717, 1.165) is 49.5 Å². The average Bonchev–Trinajstić information content (AvgIpc) is 3.55. The minimum Gasteiger partial charge on any atom is -0.393 e. The number of benzene rings is 3. The predicted molar refractivity (Wildman–Crippen MR) is 185 cm³/mol. The van der Waals surface area contributed by atoms with Gasteiger partial charge < -0.3 is 21.0 Å². The van der Waals surface area contributed by atoms with Crippen molar-refractivity contribution in [1.82, 2.24) is 29.0 Å². The molecule has 1 fully saturated rings. The number of H-pyrrole nitrogens is 1. The first-order valence-electron chi connectivity index (χ1n) is 15.2. The van der Waals surface area contributed by atoms with E-state index in [1.165, 1.54) is 31.0 Å². The molecule has 0 unspecified atom stereocenters. The molecule has 228 valence electrons. The van der Waals surface area contributed by atoms with Gasteiger partial charge in [0.1, 0.15) is 17.3 Å². The second kappa shape index (κ2) is 12.9. The third-order valence-electron chi connectivity index (χ3n) is 7.67. The van der Waals surface area contributed by atoms with Crippen molar-refractivity contribution in [3.05, 3.63) is 108 Å². The van der Waals surface area contributed by atoms with E-state index in [1.807, 2.05) is 97.7 Å². The molecule has 9 nitrogen and oxygen atoms in total. The minimum absolute atomic E-state index is 0.147. The second-order valence-electron chi connectivity index (χ2n) is 10.5. The van der Waals surface area contributed by atoms with Crippen LogP contribution in [0.1, 0.15) is 60.0 Å². The summed E-state index contributed by atoms with van der Waals surface area (Å²) in [6, 6.07) is 23.9. The Morgan fingerprint density at radius 3 is 2.56 bits per heavy atom. The lowest BCUT2D eigenvalue weighted by atomic mass is 10.1. The number of hydrogen-bond donors (Lipinski definition) is 4. The molecule has 0 aliphatic heterocycles. The van der Waals surface area contributed by atoms with E-state index in [0.29, 0.717) is 23.0 Å². The van der Waals surface area contributed by atoms with E-state index in [-0.39, 0.29) is 5.78 Å². The van der Waals surface area contributed by atoms with E-state index in [1.54, 1.807) is 24.1 Å². The summed E-state index contributed by atoms with van der Waals surface area (Å²) in [5.41, 5.74) is 6.21. The number of allylic oxidation sites excluding steroid dienone is 1. The Bertz CT molecular complexity index is 2030. The SMILES string of the molecule is CC.CN/C=C(\C=N)c1ccc2cc(C(=O)c3cnn(-c4ccc5[nH]c(C6CC6)nc5c4)c3NC)n(Sc3ccccc3)c2c1. The number of hydrogen-bond acceptors (Lipinski definition) is 7. The number of fused-ring (bicyclic) bond motifs is 2. The molecule has 3 aromatic carbocycles. The quantitative estimate of drug-likeness (QED) is 0.0928. The zero-order valence-electron chi connectivity index (χ0n) is 25.8. The highest BCUT2D eigenvalue weighted by atomic mass is 32.2. The lowest BCUT2D eigenvalue weighted by Crippen LogP contribution is -2.10. The van der Waals surface area contributed by atoms with Crippen LogP contribution in [-0.2, 0) is 0 Å². The number of imidazole rings is 1. The molecule has 1 aliphatic carbocycles. The van der Waals surface area contributed by atoms with Gasteiger partial charge in [-0.1, -0.05) is 44.2 Å². The van der Waals surface area contributed by atoms with Crippen LogP contribution in [0.5, 0.6) is 0 Å².